The molecule has 1 aromatic heterocycles. The van der Waals surface area contributed by atoms with Crippen LogP contribution >= 0.6 is 0 Å². The lowest BCUT2D eigenvalue weighted by Gasteiger charge is -2.42. The molecule has 31 heavy (non-hydrogen) atoms. The zero-order valence-electron chi connectivity index (χ0n) is 18.9. The lowest BCUT2D eigenvalue weighted by atomic mass is 10.1. The quantitative estimate of drug-likeness (QED) is 0.719. The Morgan fingerprint density at radius 3 is 2.65 bits per heavy atom. The summed E-state index contributed by atoms with van der Waals surface area (Å²) in [7, 11) is 0. The zero-order chi connectivity index (χ0) is 21.6. The predicted octanol–water partition coefficient (Wildman–Crippen LogP) is 4.57. The van der Waals surface area contributed by atoms with Crippen molar-refractivity contribution >= 4 is 22.8 Å². The Morgan fingerprint density at radius 2 is 1.94 bits per heavy atom. The van der Waals surface area contributed by atoms with E-state index in [-0.39, 0.29) is 18.4 Å². The highest BCUT2D eigenvalue weighted by Gasteiger charge is 2.43. The van der Waals surface area contributed by atoms with Crippen molar-refractivity contribution in [2.45, 2.75) is 70.7 Å². The number of hydrogen-bond acceptors (Lipinski definition) is 5. The van der Waals surface area contributed by atoms with Gasteiger partial charge in [-0.05, 0) is 70.9 Å². The maximum Gasteiger partial charge on any atom is 0.410 e. The van der Waals surface area contributed by atoms with Gasteiger partial charge in [-0.15, -0.1) is 0 Å². The van der Waals surface area contributed by atoms with Gasteiger partial charge in [-0.2, -0.15) is 5.10 Å². The van der Waals surface area contributed by atoms with Gasteiger partial charge in [-0.1, -0.05) is 12.1 Å². The van der Waals surface area contributed by atoms with Crippen molar-refractivity contribution in [1.82, 2.24) is 14.7 Å². The van der Waals surface area contributed by atoms with Gasteiger partial charge in [0, 0.05) is 31.6 Å². The fourth-order valence-corrected chi connectivity index (χ4v) is 4.88. The SMILES string of the molecule is CC(C)(C)OC(=O)N1CCN(c2nn(C3CCCCO3)c3ccccc23)C[C@@H]1C1CC1. The first-order valence-corrected chi connectivity index (χ1v) is 11.7. The topological polar surface area (TPSA) is 59.8 Å². The standard InChI is InChI=1S/C24H34N4O3/c1-24(2,3)31-23(29)27-14-13-26(16-20(27)17-11-12-17)22-18-8-4-5-9-19(18)28(25-22)21-10-6-7-15-30-21/h4-5,8-9,17,20-21H,6-7,10-16H2,1-3H3/t20-,21?/m1/s1. The molecule has 0 spiro atoms. The van der Waals surface area contributed by atoms with Crippen molar-refractivity contribution in [1.29, 1.82) is 0 Å². The minimum absolute atomic E-state index is 0.00896. The normalized spacial score (nSPS) is 25.1. The molecule has 5 rings (SSSR count). The summed E-state index contributed by atoms with van der Waals surface area (Å²) in [6.45, 7) is 8.81. The number of para-hydroxylation sites is 1. The number of carbonyl (C=O) groups is 1. The first kappa shape index (κ1) is 20.6. The van der Waals surface area contributed by atoms with Crippen LogP contribution in [0.15, 0.2) is 24.3 Å². The van der Waals surface area contributed by atoms with E-state index < -0.39 is 5.60 Å². The number of amides is 1. The van der Waals surface area contributed by atoms with E-state index in [0.717, 1.165) is 49.3 Å². The monoisotopic (exact) mass is 426 g/mol. The number of benzene rings is 1. The summed E-state index contributed by atoms with van der Waals surface area (Å²) in [5, 5.41) is 6.23. The highest BCUT2D eigenvalue weighted by atomic mass is 16.6. The van der Waals surface area contributed by atoms with Gasteiger partial charge in [0.2, 0.25) is 0 Å². The van der Waals surface area contributed by atoms with Crippen molar-refractivity contribution < 1.29 is 14.3 Å². The second-order valence-corrected chi connectivity index (χ2v) is 10.1. The first-order valence-electron chi connectivity index (χ1n) is 11.7. The van der Waals surface area contributed by atoms with Crippen LogP contribution in [0.3, 0.4) is 0 Å². The lowest BCUT2D eigenvalue weighted by molar-refractivity contribution is -0.0365. The summed E-state index contributed by atoms with van der Waals surface area (Å²) in [5.41, 5.74) is 0.652. The van der Waals surface area contributed by atoms with Gasteiger partial charge in [0.15, 0.2) is 12.0 Å². The smallest absolute Gasteiger partial charge is 0.410 e. The van der Waals surface area contributed by atoms with E-state index in [1.54, 1.807) is 0 Å². The molecule has 1 aliphatic carbocycles. The molecule has 2 saturated heterocycles. The van der Waals surface area contributed by atoms with Crippen LogP contribution in [0.2, 0.25) is 0 Å². The first-order chi connectivity index (χ1) is 14.9. The molecule has 7 nitrogen and oxygen atoms in total. The van der Waals surface area contributed by atoms with Crippen LogP contribution in [0.1, 0.15) is 59.1 Å². The Labute approximate surface area is 184 Å². The molecule has 7 heteroatoms. The molecule has 3 aliphatic rings. The van der Waals surface area contributed by atoms with Gasteiger partial charge in [0.25, 0.3) is 0 Å². The zero-order valence-corrected chi connectivity index (χ0v) is 18.9. The minimum atomic E-state index is -0.475. The van der Waals surface area contributed by atoms with E-state index in [1.165, 1.54) is 19.3 Å². The molecule has 0 N–H and O–H groups in total. The number of aromatic nitrogens is 2. The van der Waals surface area contributed by atoms with Gasteiger partial charge in [-0.25, -0.2) is 9.48 Å². The second-order valence-electron chi connectivity index (χ2n) is 10.1. The van der Waals surface area contributed by atoms with Crippen molar-refractivity contribution in [3.05, 3.63) is 24.3 Å². The maximum absolute atomic E-state index is 12.9. The lowest BCUT2D eigenvalue weighted by Crippen LogP contribution is -2.57. The second kappa shape index (κ2) is 8.01. The van der Waals surface area contributed by atoms with Gasteiger partial charge in [0.1, 0.15) is 5.60 Å². The predicted molar refractivity (Wildman–Crippen MR) is 120 cm³/mol. The minimum Gasteiger partial charge on any atom is -0.444 e. The summed E-state index contributed by atoms with van der Waals surface area (Å²) >= 11 is 0. The van der Waals surface area contributed by atoms with Crippen LogP contribution in [0.25, 0.3) is 10.9 Å². The van der Waals surface area contributed by atoms with E-state index >= 15 is 0 Å². The molecule has 0 radical (unpaired) electrons. The van der Waals surface area contributed by atoms with Gasteiger partial charge in [0.05, 0.1) is 11.6 Å². The van der Waals surface area contributed by atoms with Crippen molar-refractivity contribution in [3.8, 4) is 0 Å². The van der Waals surface area contributed by atoms with Crippen LogP contribution in [0.5, 0.6) is 0 Å². The molecule has 168 valence electrons. The number of ether oxygens (including phenoxy) is 2. The number of rotatable bonds is 3. The largest absolute Gasteiger partial charge is 0.444 e. The van der Waals surface area contributed by atoms with E-state index in [2.05, 4.69) is 33.8 Å². The summed E-state index contributed by atoms with van der Waals surface area (Å²) in [6.07, 6.45) is 5.49. The molecule has 1 saturated carbocycles. The number of nitrogens with zero attached hydrogens (tertiary/aromatic N) is 4. The van der Waals surface area contributed by atoms with Crippen molar-refractivity contribution in [3.63, 3.8) is 0 Å². The van der Waals surface area contributed by atoms with Crippen LogP contribution in [0.4, 0.5) is 10.6 Å². The van der Waals surface area contributed by atoms with Crippen LogP contribution < -0.4 is 4.90 Å². The number of carbonyl (C=O) groups excluding carboxylic acids is 1. The van der Waals surface area contributed by atoms with E-state index in [0.29, 0.717) is 12.5 Å². The summed E-state index contributed by atoms with van der Waals surface area (Å²) < 4.78 is 13.8. The van der Waals surface area contributed by atoms with Crippen LogP contribution in [-0.2, 0) is 9.47 Å². The molecule has 0 bridgehead atoms. The average Bonchev–Trinajstić information content (AvgIpc) is 3.53. The molecule has 1 amide bonds. The average molecular weight is 427 g/mol. The Hall–Kier alpha value is -2.28. The molecular weight excluding hydrogens is 392 g/mol. The molecule has 1 unspecified atom stereocenters. The third kappa shape index (κ3) is 4.25. The molecule has 2 aromatic rings. The number of anilines is 1. The number of fused-ring (bicyclic) bond motifs is 1. The Balaban J connectivity index is 1.41. The fraction of sp³-hybridized carbons (Fsp3) is 0.667. The third-order valence-electron chi connectivity index (χ3n) is 6.53. The molecule has 1 aromatic carbocycles. The maximum atomic E-state index is 12.9. The van der Waals surface area contributed by atoms with E-state index in [4.69, 9.17) is 14.6 Å². The van der Waals surface area contributed by atoms with Gasteiger partial charge in [-0.3, -0.25) is 0 Å². The summed E-state index contributed by atoms with van der Waals surface area (Å²) in [6, 6.07) is 8.62. The summed E-state index contributed by atoms with van der Waals surface area (Å²) in [4.78, 5) is 17.2. The van der Waals surface area contributed by atoms with Gasteiger partial charge >= 0.3 is 6.09 Å². The number of piperazine rings is 1. The molecule has 2 atom stereocenters. The van der Waals surface area contributed by atoms with Crippen molar-refractivity contribution in [2.24, 2.45) is 5.92 Å². The number of hydrogen-bond donors (Lipinski definition) is 0. The Morgan fingerprint density at radius 1 is 1.13 bits per heavy atom. The van der Waals surface area contributed by atoms with Crippen LogP contribution in [-0.4, -0.2) is 58.7 Å². The molecular formula is C24H34N4O3. The van der Waals surface area contributed by atoms with Crippen molar-refractivity contribution in [2.75, 3.05) is 31.1 Å². The summed E-state index contributed by atoms with van der Waals surface area (Å²) in [5.74, 6) is 1.57. The Kier molecular flexibility index (Phi) is 5.32. The third-order valence-corrected chi connectivity index (χ3v) is 6.53. The highest BCUT2D eigenvalue weighted by Crippen LogP contribution is 2.39. The Bertz CT molecular complexity index is 940. The van der Waals surface area contributed by atoms with Crippen LogP contribution in [0, 0.1) is 5.92 Å². The highest BCUT2D eigenvalue weighted by molar-refractivity contribution is 5.91. The molecule has 3 fully saturated rings. The van der Waals surface area contributed by atoms with E-state index in [1.807, 2.05) is 25.7 Å². The van der Waals surface area contributed by atoms with Gasteiger partial charge < -0.3 is 19.3 Å². The fourth-order valence-electron chi connectivity index (χ4n) is 4.88. The molecule has 3 heterocycles. The molecule has 2 aliphatic heterocycles. The van der Waals surface area contributed by atoms with E-state index in [9.17, 15) is 4.79 Å².